The fourth-order valence-electron chi connectivity index (χ4n) is 3.55. The summed E-state index contributed by atoms with van der Waals surface area (Å²) in [5.74, 6) is -0.342. The number of para-hydroxylation sites is 2. The maximum absolute atomic E-state index is 13.1. The second-order valence-electron chi connectivity index (χ2n) is 7.24. The molecule has 7 nitrogen and oxygen atoms in total. The van der Waals surface area contributed by atoms with Gasteiger partial charge in [-0.1, -0.05) is 54.2 Å². The molecule has 1 heterocycles. The summed E-state index contributed by atoms with van der Waals surface area (Å²) in [7, 11) is 0. The van der Waals surface area contributed by atoms with Crippen LogP contribution in [0.1, 0.15) is 15.9 Å². The van der Waals surface area contributed by atoms with Crippen LogP contribution in [-0.4, -0.2) is 33.6 Å². The van der Waals surface area contributed by atoms with Gasteiger partial charge < -0.3 is 15.4 Å². The van der Waals surface area contributed by atoms with E-state index in [0.29, 0.717) is 21.8 Å². The fraction of sp³-hybridized carbons (Fsp3) is 0.125. The Morgan fingerprint density at radius 2 is 1.72 bits per heavy atom. The average molecular weight is 448 g/mol. The number of nitrogens with zero attached hydrogens (tertiary/aromatic N) is 1. The molecule has 0 saturated carbocycles. The number of rotatable bonds is 8. The Balaban J connectivity index is 1.54. The van der Waals surface area contributed by atoms with Gasteiger partial charge in [0, 0.05) is 28.1 Å². The molecule has 1 amide bonds. The zero-order valence-electron chi connectivity index (χ0n) is 17.0. The number of nitrogens with one attached hydrogen (secondary N) is 2. The first kappa shape index (κ1) is 21.6. The Bertz CT molecular complexity index is 1270. The minimum absolute atomic E-state index is 0.0136. The summed E-state index contributed by atoms with van der Waals surface area (Å²) in [5, 5.41) is 25.2. The molecular weight excluding hydrogens is 426 g/mol. The monoisotopic (exact) mass is 447 g/mol. The maximum atomic E-state index is 13.1. The van der Waals surface area contributed by atoms with E-state index < -0.39 is 11.0 Å². The number of hydrogen-bond acceptors (Lipinski definition) is 5. The highest BCUT2D eigenvalue weighted by Crippen LogP contribution is 2.36. The predicted octanol–water partition coefficient (Wildman–Crippen LogP) is 4.56. The van der Waals surface area contributed by atoms with Crippen molar-refractivity contribution in [3.8, 4) is 0 Å². The number of aliphatic hydroxyl groups is 1. The van der Waals surface area contributed by atoms with Gasteiger partial charge in [-0.2, -0.15) is 0 Å². The van der Waals surface area contributed by atoms with Crippen LogP contribution in [0.15, 0.2) is 88.8 Å². The number of carbonyl (C=O) groups is 1. The van der Waals surface area contributed by atoms with E-state index in [1.165, 1.54) is 17.8 Å². The van der Waals surface area contributed by atoms with Crippen LogP contribution in [0.25, 0.3) is 10.9 Å². The fourth-order valence-corrected chi connectivity index (χ4v) is 4.59. The molecule has 3 aromatic carbocycles. The quantitative estimate of drug-likeness (QED) is 0.271. The van der Waals surface area contributed by atoms with Crippen LogP contribution in [0, 0.1) is 10.1 Å². The van der Waals surface area contributed by atoms with Crippen molar-refractivity contribution in [1.29, 1.82) is 0 Å². The molecule has 4 aromatic rings. The second kappa shape index (κ2) is 9.67. The van der Waals surface area contributed by atoms with Crippen LogP contribution in [0.4, 0.5) is 5.69 Å². The lowest BCUT2D eigenvalue weighted by molar-refractivity contribution is -0.387. The molecule has 0 aliphatic heterocycles. The molecule has 8 heteroatoms. The van der Waals surface area contributed by atoms with Gasteiger partial charge in [0.15, 0.2) is 0 Å². The first-order valence-electron chi connectivity index (χ1n) is 10.0. The molecule has 0 fully saturated rings. The van der Waals surface area contributed by atoms with Gasteiger partial charge in [0.05, 0.1) is 28.0 Å². The van der Waals surface area contributed by atoms with Gasteiger partial charge in [-0.15, -0.1) is 0 Å². The molecular formula is C24H21N3O4S. The van der Waals surface area contributed by atoms with Crippen molar-refractivity contribution < 1.29 is 14.8 Å². The van der Waals surface area contributed by atoms with Gasteiger partial charge in [0.25, 0.3) is 11.6 Å². The molecule has 0 saturated heterocycles. The number of nitro benzene ring substituents is 1. The topological polar surface area (TPSA) is 108 Å². The van der Waals surface area contributed by atoms with Crippen molar-refractivity contribution in [2.75, 3.05) is 6.61 Å². The highest BCUT2D eigenvalue weighted by molar-refractivity contribution is 7.99. The maximum Gasteiger partial charge on any atom is 0.283 e. The highest BCUT2D eigenvalue weighted by atomic mass is 32.2. The second-order valence-corrected chi connectivity index (χ2v) is 8.32. The summed E-state index contributed by atoms with van der Waals surface area (Å²) in [4.78, 5) is 28.2. The minimum Gasteiger partial charge on any atom is -0.394 e. The summed E-state index contributed by atoms with van der Waals surface area (Å²) >= 11 is 1.17. The van der Waals surface area contributed by atoms with E-state index in [4.69, 9.17) is 0 Å². The predicted molar refractivity (Wildman–Crippen MR) is 124 cm³/mol. The molecule has 1 atom stereocenters. The Morgan fingerprint density at radius 3 is 2.50 bits per heavy atom. The number of aromatic amines is 1. The van der Waals surface area contributed by atoms with Crippen LogP contribution in [-0.2, 0) is 6.42 Å². The van der Waals surface area contributed by atoms with E-state index in [1.807, 2.05) is 30.5 Å². The lowest BCUT2D eigenvalue weighted by Gasteiger charge is -2.17. The molecule has 4 rings (SSSR count). The molecule has 3 N–H and O–H groups in total. The van der Waals surface area contributed by atoms with E-state index in [0.717, 1.165) is 16.5 Å². The number of aromatic nitrogens is 1. The largest absolute Gasteiger partial charge is 0.394 e. The molecule has 1 unspecified atom stereocenters. The van der Waals surface area contributed by atoms with Crippen LogP contribution in [0.5, 0.6) is 0 Å². The Kier molecular flexibility index (Phi) is 6.53. The Morgan fingerprint density at radius 1 is 1.03 bits per heavy atom. The summed E-state index contributed by atoms with van der Waals surface area (Å²) in [6.45, 7) is -0.218. The number of H-pyrrole nitrogens is 1. The number of aliphatic hydroxyl groups excluding tert-OH is 1. The number of hydrogen-bond donors (Lipinski definition) is 3. The van der Waals surface area contributed by atoms with Crippen molar-refractivity contribution in [2.45, 2.75) is 22.3 Å². The van der Waals surface area contributed by atoms with E-state index in [9.17, 15) is 20.0 Å². The van der Waals surface area contributed by atoms with Crippen LogP contribution in [0.2, 0.25) is 0 Å². The van der Waals surface area contributed by atoms with Crippen LogP contribution < -0.4 is 5.32 Å². The normalized spacial score (nSPS) is 11.9. The molecule has 1 aromatic heterocycles. The SMILES string of the molecule is O=C(NC(CO)Cc1c[nH]c2ccccc12)c1ccccc1Sc1ccccc1[N+](=O)[O-]. The number of amides is 1. The smallest absolute Gasteiger partial charge is 0.283 e. The standard InChI is InChI=1S/C24H21N3O4S/c28-15-17(13-16-14-25-20-9-3-1-7-18(16)20)26-24(29)19-8-2-5-11-22(19)32-23-12-6-4-10-21(23)27(30)31/h1-12,14,17,25,28H,13,15H2,(H,26,29). The van der Waals surface area contributed by atoms with Crippen molar-refractivity contribution in [3.05, 3.63) is 100 Å². The van der Waals surface area contributed by atoms with Crippen molar-refractivity contribution in [2.24, 2.45) is 0 Å². The first-order chi connectivity index (χ1) is 15.6. The van der Waals surface area contributed by atoms with E-state index in [2.05, 4.69) is 10.3 Å². The highest BCUT2D eigenvalue weighted by Gasteiger charge is 2.20. The molecule has 0 aliphatic rings. The summed E-state index contributed by atoms with van der Waals surface area (Å²) in [5.41, 5.74) is 2.38. The van der Waals surface area contributed by atoms with E-state index in [1.54, 1.807) is 42.5 Å². The van der Waals surface area contributed by atoms with Gasteiger partial charge in [0.1, 0.15) is 0 Å². The number of nitro groups is 1. The molecule has 0 bridgehead atoms. The lowest BCUT2D eigenvalue weighted by Crippen LogP contribution is -2.39. The van der Waals surface area contributed by atoms with Gasteiger partial charge in [-0.25, -0.2) is 0 Å². The van der Waals surface area contributed by atoms with Crippen molar-refractivity contribution in [1.82, 2.24) is 10.3 Å². The van der Waals surface area contributed by atoms with E-state index in [-0.39, 0.29) is 18.2 Å². The average Bonchev–Trinajstić information content (AvgIpc) is 3.22. The van der Waals surface area contributed by atoms with Gasteiger partial charge in [-0.05, 0) is 36.2 Å². The third kappa shape index (κ3) is 4.66. The van der Waals surface area contributed by atoms with Crippen LogP contribution in [0.3, 0.4) is 0 Å². The Labute approximate surface area is 188 Å². The molecule has 162 valence electrons. The molecule has 0 radical (unpaired) electrons. The molecule has 0 spiro atoms. The number of fused-ring (bicyclic) bond motifs is 1. The zero-order valence-corrected chi connectivity index (χ0v) is 17.8. The van der Waals surface area contributed by atoms with Gasteiger partial charge in [0.2, 0.25) is 0 Å². The summed E-state index contributed by atoms with van der Waals surface area (Å²) in [6, 6.07) is 20.8. The van der Waals surface area contributed by atoms with Gasteiger partial charge in [-0.3, -0.25) is 14.9 Å². The number of carbonyl (C=O) groups excluding carboxylic acids is 1. The van der Waals surface area contributed by atoms with Crippen LogP contribution >= 0.6 is 11.8 Å². The van der Waals surface area contributed by atoms with Gasteiger partial charge >= 0.3 is 0 Å². The third-order valence-corrected chi connectivity index (χ3v) is 6.25. The molecule has 0 aliphatic carbocycles. The molecule has 32 heavy (non-hydrogen) atoms. The Hall–Kier alpha value is -3.62. The van der Waals surface area contributed by atoms with Crippen molar-refractivity contribution >= 4 is 34.3 Å². The first-order valence-corrected chi connectivity index (χ1v) is 10.9. The van der Waals surface area contributed by atoms with E-state index >= 15 is 0 Å². The van der Waals surface area contributed by atoms with Crippen molar-refractivity contribution in [3.63, 3.8) is 0 Å². The minimum atomic E-state index is -0.481. The third-order valence-electron chi connectivity index (χ3n) is 5.11. The zero-order chi connectivity index (χ0) is 22.5. The summed E-state index contributed by atoms with van der Waals surface area (Å²) < 4.78 is 0. The lowest BCUT2D eigenvalue weighted by atomic mass is 10.0. The number of benzene rings is 3. The summed E-state index contributed by atoms with van der Waals surface area (Å²) in [6.07, 6.45) is 2.35.